The Morgan fingerprint density at radius 2 is 2.05 bits per heavy atom. The smallest absolute Gasteiger partial charge is 0.274 e. The van der Waals surface area contributed by atoms with Gasteiger partial charge < -0.3 is 10.6 Å². The summed E-state index contributed by atoms with van der Waals surface area (Å²) in [6.07, 6.45) is 2.07. The van der Waals surface area contributed by atoms with Crippen LogP contribution in [0, 0.1) is 11.3 Å². The summed E-state index contributed by atoms with van der Waals surface area (Å²) in [5, 5.41) is 4.92. The Morgan fingerprint density at radius 1 is 1.43 bits per heavy atom. The molecule has 1 fully saturated rings. The summed E-state index contributed by atoms with van der Waals surface area (Å²) in [5.74, 6) is 0.143. The highest BCUT2D eigenvalue weighted by molar-refractivity contribution is 7.87. The average molecular weight is 320 g/mol. The van der Waals surface area contributed by atoms with Gasteiger partial charge in [0.2, 0.25) is 5.91 Å². The van der Waals surface area contributed by atoms with Gasteiger partial charge in [-0.15, -0.1) is 0 Å². The first-order valence-electron chi connectivity index (χ1n) is 7.30. The summed E-state index contributed by atoms with van der Waals surface area (Å²) < 4.78 is 24.1. The van der Waals surface area contributed by atoms with Crippen LogP contribution in [-0.4, -0.2) is 44.9 Å². The van der Waals surface area contributed by atoms with Gasteiger partial charge in [-0.1, -0.05) is 20.8 Å². The van der Waals surface area contributed by atoms with Crippen molar-refractivity contribution in [2.45, 2.75) is 46.1 Å². The molecule has 1 rings (SSSR count). The molecule has 0 aromatic rings. The number of nitrogens with zero attached hydrogens (tertiary/aromatic N) is 1. The van der Waals surface area contributed by atoms with Crippen molar-refractivity contribution >= 4 is 16.1 Å². The highest BCUT2D eigenvalue weighted by Gasteiger charge is 2.28. The third-order valence-corrected chi connectivity index (χ3v) is 4.52. The molecule has 1 aliphatic heterocycles. The van der Waals surface area contributed by atoms with Crippen molar-refractivity contribution in [3.05, 3.63) is 0 Å². The molecule has 0 aromatic heterocycles. The van der Waals surface area contributed by atoms with Gasteiger partial charge in [0, 0.05) is 32.1 Å². The van der Waals surface area contributed by atoms with Crippen molar-refractivity contribution in [1.82, 2.24) is 9.62 Å². The standard InChI is InChI=1S/C13H28N4O3S/c1-13(2,3)11(14)7-12(18)17-6-4-5-10(9-17)8-16-21(15,19)20/h10-11,16H,4-9,14H2,1-3H3,(H2,15,19,20). The molecule has 1 saturated heterocycles. The van der Waals surface area contributed by atoms with E-state index in [-0.39, 0.29) is 29.8 Å². The Hall–Kier alpha value is -0.700. The van der Waals surface area contributed by atoms with E-state index in [2.05, 4.69) is 4.72 Å². The van der Waals surface area contributed by atoms with Crippen molar-refractivity contribution < 1.29 is 13.2 Å². The number of hydrogen-bond acceptors (Lipinski definition) is 4. The normalized spacial score (nSPS) is 22.1. The summed E-state index contributed by atoms with van der Waals surface area (Å²) in [6, 6.07) is -0.187. The summed E-state index contributed by atoms with van der Waals surface area (Å²) >= 11 is 0. The molecular weight excluding hydrogens is 292 g/mol. The minimum absolute atomic E-state index is 0.0396. The minimum atomic E-state index is -3.67. The van der Waals surface area contributed by atoms with Gasteiger partial charge in [0.1, 0.15) is 0 Å². The van der Waals surface area contributed by atoms with Crippen LogP contribution in [0.4, 0.5) is 0 Å². The summed E-state index contributed by atoms with van der Waals surface area (Å²) in [7, 11) is -3.67. The van der Waals surface area contributed by atoms with Crippen molar-refractivity contribution in [1.29, 1.82) is 0 Å². The molecule has 1 heterocycles. The molecule has 0 bridgehead atoms. The van der Waals surface area contributed by atoms with Crippen LogP contribution in [0.15, 0.2) is 0 Å². The second kappa shape index (κ2) is 7.04. The second-order valence-corrected chi connectivity index (χ2v) is 8.30. The number of nitrogens with one attached hydrogen (secondary N) is 1. The maximum absolute atomic E-state index is 12.3. The monoisotopic (exact) mass is 320 g/mol. The van der Waals surface area contributed by atoms with Gasteiger partial charge in [0.15, 0.2) is 0 Å². The maximum atomic E-state index is 12.3. The Kier molecular flexibility index (Phi) is 6.15. The van der Waals surface area contributed by atoms with E-state index in [1.807, 2.05) is 20.8 Å². The Morgan fingerprint density at radius 3 is 2.57 bits per heavy atom. The molecule has 2 atom stereocenters. The molecule has 0 radical (unpaired) electrons. The molecule has 21 heavy (non-hydrogen) atoms. The third-order valence-electron chi connectivity index (χ3n) is 3.95. The zero-order valence-corrected chi connectivity index (χ0v) is 13.9. The predicted molar refractivity (Wildman–Crippen MR) is 82.5 cm³/mol. The van der Waals surface area contributed by atoms with Crippen LogP contribution in [0.1, 0.15) is 40.0 Å². The minimum Gasteiger partial charge on any atom is -0.342 e. The number of nitrogens with two attached hydrogens (primary N) is 2. The van der Waals surface area contributed by atoms with Gasteiger partial charge in [-0.25, -0.2) is 9.86 Å². The number of carbonyl (C=O) groups is 1. The molecule has 5 N–H and O–H groups in total. The number of likely N-dealkylation sites (tertiary alicyclic amines) is 1. The second-order valence-electron chi connectivity index (χ2n) is 6.92. The topological polar surface area (TPSA) is 119 Å². The van der Waals surface area contributed by atoms with E-state index >= 15 is 0 Å². The fourth-order valence-electron chi connectivity index (χ4n) is 2.32. The number of piperidine rings is 1. The Bertz CT molecular complexity index is 459. The van der Waals surface area contributed by atoms with E-state index in [1.54, 1.807) is 4.90 Å². The van der Waals surface area contributed by atoms with E-state index in [9.17, 15) is 13.2 Å². The van der Waals surface area contributed by atoms with Crippen molar-refractivity contribution in [3.8, 4) is 0 Å². The van der Waals surface area contributed by atoms with E-state index < -0.39 is 10.2 Å². The molecule has 0 aliphatic carbocycles. The lowest BCUT2D eigenvalue weighted by Gasteiger charge is -2.35. The first kappa shape index (κ1) is 18.3. The van der Waals surface area contributed by atoms with Crippen LogP contribution < -0.4 is 15.6 Å². The summed E-state index contributed by atoms with van der Waals surface area (Å²) in [6.45, 7) is 7.58. The summed E-state index contributed by atoms with van der Waals surface area (Å²) in [4.78, 5) is 14.1. The lowest BCUT2D eigenvalue weighted by atomic mass is 9.85. The van der Waals surface area contributed by atoms with Crippen LogP contribution in [-0.2, 0) is 15.0 Å². The van der Waals surface area contributed by atoms with Crippen LogP contribution in [0.2, 0.25) is 0 Å². The molecule has 124 valence electrons. The molecule has 2 unspecified atom stereocenters. The van der Waals surface area contributed by atoms with Crippen molar-refractivity contribution in [2.24, 2.45) is 22.2 Å². The number of rotatable bonds is 5. The zero-order chi connectivity index (χ0) is 16.3. The largest absolute Gasteiger partial charge is 0.342 e. The van der Waals surface area contributed by atoms with Crippen molar-refractivity contribution in [2.75, 3.05) is 19.6 Å². The molecule has 8 heteroatoms. The predicted octanol–water partition coefficient (Wildman–Crippen LogP) is -0.218. The van der Waals surface area contributed by atoms with Crippen LogP contribution in [0.3, 0.4) is 0 Å². The molecule has 0 spiro atoms. The summed E-state index contributed by atoms with van der Waals surface area (Å²) in [5.41, 5.74) is 5.94. The maximum Gasteiger partial charge on any atom is 0.274 e. The zero-order valence-electron chi connectivity index (χ0n) is 13.1. The van der Waals surface area contributed by atoms with E-state index in [4.69, 9.17) is 10.9 Å². The van der Waals surface area contributed by atoms with Gasteiger partial charge in [-0.2, -0.15) is 8.42 Å². The van der Waals surface area contributed by atoms with E-state index in [1.165, 1.54) is 0 Å². The number of hydrogen-bond donors (Lipinski definition) is 3. The Labute approximate surface area is 127 Å². The fraction of sp³-hybridized carbons (Fsp3) is 0.923. The van der Waals surface area contributed by atoms with Gasteiger partial charge >= 0.3 is 0 Å². The van der Waals surface area contributed by atoms with E-state index in [0.29, 0.717) is 19.5 Å². The van der Waals surface area contributed by atoms with Crippen LogP contribution in [0.25, 0.3) is 0 Å². The highest BCUT2D eigenvalue weighted by atomic mass is 32.2. The van der Waals surface area contributed by atoms with Gasteiger partial charge in [0.25, 0.3) is 10.2 Å². The Balaban J connectivity index is 2.50. The lowest BCUT2D eigenvalue weighted by molar-refractivity contribution is -0.133. The molecule has 1 aliphatic rings. The third kappa shape index (κ3) is 6.73. The highest BCUT2D eigenvalue weighted by Crippen LogP contribution is 2.22. The van der Waals surface area contributed by atoms with Crippen LogP contribution in [0.5, 0.6) is 0 Å². The SMILES string of the molecule is CC(C)(C)C(N)CC(=O)N1CCCC(CNS(N)(=O)=O)C1. The first-order chi connectivity index (χ1) is 9.49. The molecule has 0 aromatic carbocycles. The molecule has 0 saturated carbocycles. The quantitative estimate of drug-likeness (QED) is 0.649. The fourth-order valence-corrected chi connectivity index (χ4v) is 2.78. The molecule has 1 amide bonds. The van der Waals surface area contributed by atoms with Gasteiger partial charge in [0.05, 0.1) is 0 Å². The first-order valence-corrected chi connectivity index (χ1v) is 8.84. The molecule has 7 nitrogen and oxygen atoms in total. The number of amides is 1. The molecular formula is C13H28N4O3S. The van der Waals surface area contributed by atoms with Crippen molar-refractivity contribution in [3.63, 3.8) is 0 Å². The number of carbonyl (C=O) groups excluding carboxylic acids is 1. The van der Waals surface area contributed by atoms with Gasteiger partial charge in [-0.3, -0.25) is 4.79 Å². The average Bonchev–Trinajstić information content (AvgIpc) is 2.34. The lowest BCUT2D eigenvalue weighted by Crippen LogP contribution is -2.47. The van der Waals surface area contributed by atoms with Crippen LogP contribution >= 0.6 is 0 Å². The van der Waals surface area contributed by atoms with Gasteiger partial charge in [-0.05, 0) is 24.2 Å². The van der Waals surface area contributed by atoms with E-state index in [0.717, 1.165) is 12.8 Å².